The second-order valence-corrected chi connectivity index (χ2v) is 2.39. The summed E-state index contributed by atoms with van der Waals surface area (Å²) in [5, 5.41) is 0. The van der Waals surface area contributed by atoms with Gasteiger partial charge in [-0.15, -0.1) is 0 Å². The van der Waals surface area contributed by atoms with Crippen molar-refractivity contribution < 1.29 is 4.74 Å². The fraction of sp³-hybridized carbons (Fsp3) is 0.375. The Bertz CT molecular complexity index is 205. The van der Waals surface area contributed by atoms with Crippen molar-refractivity contribution >= 4 is 6.21 Å². The van der Waals surface area contributed by atoms with Gasteiger partial charge in [-0.3, -0.25) is 4.99 Å². The van der Waals surface area contributed by atoms with Gasteiger partial charge in [-0.05, 0) is 0 Å². The number of fused-ring (bicyclic) bond motifs is 1. The minimum absolute atomic E-state index is 0.190. The molecule has 2 aliphatic rings. The molecule has 0 amide bonds. The molecule has 2 nitrogen and oxygen atoms in total. The van der Waals surface area contributed by atoms with Gasteiger partial charge in [0.2, 0.25) is 0 Å². The summed E-state index contributed by atoms with van der Waals surface area (Å²) in [5.74, 6) is 0. The number of hydrogen-bond acceptors (Lipinski definition) is 2. The van der Waals surface area contributed by atoms with Crippen molar-refractivity contribution in [2.24, 2.45) is 4.99 Å². The third-order valence-electron chi connectivity index (χ3n) is 1.70. The first-order valence-electron chi connectivity index (χ1n) is 3.45. The summed E-state index contributed by atoms with van der Waals surface area (Å²) in [6.45, 7) is 0.652. The maximum atomic E-state index is 5.39. The van der Waals surface area contributed by atoms with E-state index in [4.69, 9.17) is 4.74 Å². The van der Waals surface area contributed by atoms with Crippen molar-refractivity contribution in [2.45, 2.75) is 12.1 Å². The van der Waals surface area contributed by atoms with E-state index in [-0.39, 0.29) is 12.1 Å². The van der Waals surface area contributed by atoms with Gasteiger partial charge in [0.25, 0.3) is 0 Å². The largest absolute Gasteiger partial charge is 0.366 e. The summed E-state index contributed by atoms with van der Waals surface area (Å²) in [6, 6.07) is 0.235. The van der Waals surface area contributed by atoms with E-state index in [0.717, 1.165) is 0 Å². The standard InChI is InChI=1S/C8H9NO/c1-2-4-8-7(3-1)9-5-6-10-8/h1-5,7-8H,6H2. The molecular formula is C8H9NO. The lowest BCUT2D eigenvalue weighted by molar-refractivity contribution is 0.0998. The van der Waals surface area contributed by atoms with Gasteiger partial charge in [0.1, 0.15) is 6.10 Å². The van der Waals surface area contributed by atoms with Crippen molar-refractivity contribution in [3.63, 3.8) is 0 Å². The van der Waals surface area contributed by atoms with Crippen LogP contribution in [-0.2, 0) is 4.74 Å². The highest BCUT2D eigenvalue weighted by Crippen LogP contribution is 2.14. The Balaban J connectivity index is 2.21. The van der Waals surface area contributed by atoms with Crippen LogP contribution in [0, 0.1) is 0 Å². The molecule has 0 aromatic rings. The van der Waals surface area contributed by atoms with Gasteiger partial charge in [-0.1, -0.05) is 24.3 Å². The summed E-state index contributed by atoms with van der Waals surface area (Å²) < 4.78 is 5.39. The molecule has 52 valence electrons. The van der Waals surface area contributed by atoms with Crippen LogP contribution in [0.3, 0.4) is 0 Å². The molecule has 0 aromatic carbocycles. The van der Waals surface area contributed by atoms with E-state index in [0.29, 0.717) is 6.61 Å². The predicted octanol–water partition coefficient (Wildman–Crippen LogP) is 0.951. The highest BCUT2D eigenvalue weighted by molar-refractivity contribution is 5.60. The minimum atomic E-state index is 0.190. The fourth-order valence-electron chi connectivity index (χ4n) is 1.18. The lowest BCUT2D eigenvalue weighted by Crippen LogP contribution is -2.30. The maximum absolute atomic E-state index is 5.39. The van der Waals surface area contributed by atoms with Gasteiger partial charge < -0.3 is 4.74 Å². The minimum Gasteiger partial charge on any atom is -0.366 e. The van der Waals surface area contributed by atoms with Crippen molar-refractivity contribution in [2.75, 3.05) is 6.61 Å². The summed E-state index contributed by atoms with van der Waals surface area (Å²) in [6.07, 6.45) is 10.1. The van der Waals surface area contributed by atoms with Crippen LogP contribution < -0.4 is 0 Å². The van der Waals surface area contributed by atoms with Gasteiger partial charge >= 0.3 is 0 Å². The molecule has 2 atom stereocenters. The molecule has 0 N–H and O–H groups in total. The first kappa shape index (κ1) is 5.86. The maximum Gasteiger partial charge on any atom is 0.102 e. The molecule has 0 saturated heterocycles. The molecule has 0 aromatic heterocycles. The van der Waals surface area contributed by atoms with Gasteiger partial charge in [-0.25, -0.2) is 0 Å². The lowest BCUT2D eigenvalue weighted by atomic mass is 10.1. The molecule has 0 radical (unpaired) electrons. The zero-order valence-electron chi connectivity index (χ0n) is 5.60. The molecule has 0 bridgehead atoms. The Hall–Kier alpha value is -0.890. The molecule has 2 heteroatoms. The second-order valence-electron chi connectivity index (χ2n) is 2.39. The smallest absolute Gasteiger partial charge is 0.102 e. The number of nitrogens with zero attached hydrogens (tertiary/aromatic N) is 1. The summed E-state index contributed by atoms with van der Waals surface area (Å²) in [4.78, 5) is 4.26. The van der Waals surface area contributed by atoms with Crippen LogP contribution in [0.15, 0.2) is 29.3 Å². The number of aliphatic imine (C=N–C) groups is 1. The molecule has 2 unspecified atom stereocenters. The van der Waals surface area contributed by atoms with Crippen molar-refractivity contribution in [1.29, 1.82) is 0 Å². The van der Waals surface area contributed by atoms with Crippen molar-refractivity contribution in [1.82, 2.24) is 0 Å². The van der Waals surface area contributed by atoms with Crippen LogP contribution in [0.1, 0.15) is 0 Å². The molecule has 0 spiro atoms. The number of allylic oxidation sites excluding steroid dienone is 2. The highest BCUT2D eigenvalue weighted by Gasteiger charge is 2.19. The normalized spacial score (nSPS) is 36.0. The highest BCUT2D eigenvalue weighted by atomic mass is 16.5. The second kappa shape index (κ2) is 2.39. The molecule has 10 heavy (non-hydrogen) atoms. The number of ether oxygens (including phenoxy) is 1. The van der Waals surface area contributed by atoms with Crippen LogP contribution in [0.2, 0.25) is 0 Å². The Morgan fingerprint density at radius 1 is 1.30 bits per heavy atom. The summed E-state index contributed by atoms with van der Waals surface area (Å²) in [5.41, 5.74) is 0. The van der Waals surface area contributed by atoms with Crippen LogP contribution in [0.4, 0.5) is 0 Å². The van der Waals surface area contributed by atoms with E-state index in [2.05, 4.69) is 11.1 Å². The quantitative estimate of drug-likeness (QED) is 0.484. The van der Waals surface area contributed by atoms with E-state index in [1.807, 2.05) is 24.4 Å². The van der Waals surface area contributed by atoms with Crippen molar-refractivity contribution in [3.05, 3.63) is 24.3 Å². The topological polar surface area (TPSA) is 21.6 Å². The Labute approximate surface area is 59.9 Å². The van der Waals surface area contributed by atoms with Crippen molar-refractivity contribution in [3.8, 4) is 0 Å². The van der Waals surface area contributed by atoms with Gasteiger partial charge in [0, 0.05) is 6.21 Å². The molecular weight excluding hydrogens is 126 g/mol. The Morgan fingerprint density at radius 2 is 2.20 bits per heavy atom. The van der Waals surface area contributed by atoms with Crippen LogP contribution in [0.5, 0.6) is 0 Å². The first-order valence-corrected chi connectivity index (χ1v) is 3.45. The number of rotatable bonds is 0. The Morgan fingerprint density at radius 3 is 3.10 bits per heavy atom. The van der Waals surface area contributed by atoms with E-state index in [9.17, 15) is 0 Å². The van der Waals surface area contributed by atoms with Crippen LogP contribution in [0.25, 0.3) is 0 Å². The van der Waals surface area contributed by atoms with Gasteiger partial charge in [0.05, 0.1) is 12.6 Å². The lowest BCUT2D eigenvalue weighted by Gasteiger charge is -2.23. The third-order valence-corrected chi connectivity index (χ3v) is 1.70. The van der Waals surface area contributed by atoms with Crippen LogP contribution >= 0.6 is 0 Å². The van der Waals surface area contributed by atoms with Crippen LogP contribution in [-0.4, -0.2) is 25.0 Å². The summed E-state index contributed by atoms with van der Waals surface area (Å²) >= 11 is 0. The van der Waals surface area contributed by atoms with Gasteiger partial charge in [0.15, 0.2) is 0 Å². The molecule has 1 aliphatic carbocycles. The number of hydrogen-bond donors (Lipinski definition) is 0. The average Bonchev–Trinajstić information content (AvgIpc) is 2.05. The average molecular weight is 135 g/mol. The molecule has 0 fully saturated rings. The zero-order chi connectivity index (χ0) is 6.81. The van der Waals surface area contributed by atoms with E-state index in [1.165, 1.54) is 0 Å². The molecule has 0 saturated carbocycles. The monoisotopic (exact) mass is 135 g/mol. The molecule has 1 aliphatic heterocycles. The zero-order valence-corrected chi connectivity index (χ0v) is 5.60. The predicted molar refractivity (Wildman–Crippen MR) is 40.3 cm³/mol. The van der Waals surface area contributed by atoms with E-state index in [1.54, 1.807) is 0 Å². The molecule has 1 heterocycles. The third kappa shape index (κ3) is 0.907. The van der Waals surface area contributed by atoms with E-state index >= 15 is 0 Å². The summed E-state index contributed by atoms with van der Waals surface area (Å²) in [7, 11) is 0. The van der Waals surface area contributed by atoms with E-state index < -0.39 is 0 Å². The Kier molecular flexibility index (Phi) is 1.40. The fourth-order valence-corrected chi connectivity index (χ4v) is 1.18. The molecule has 2 rings (SSSR count). The SMILES string of the molecule is C1=CC2N=CCOC2C=C1. The van der Waals surface area contributed by atoms with Gasteiger partial charge in [-0.2, -0.15) is 0 Å². The first-order chi connectivity index (χ1) is 4.97.